The Morgan fingerprint density at radius 1 is 1.20 bits per heavy atom. The van der Waals surface area contributed by atoms with Gasteiger partial charge in [0.1, 0.15) is 0 Å². The van der Waals surface area contributed by atoms with E-state index < -0.39 is 12.4 Å². The summed E-state index contributed by atoms with van der Waals surface area (Å²) in [4.78, 5) is 11.8. The number of nitrogens with one attached hydrogen (secondary N) is 1. The molecule has 0 bridgehead atoms. The Hall–Kier alpha value is -1.91. The minimum atomic E-state index is -0.699. The SMILES string of the molecule is CCOC(=O)OC1Nc2cc(Cl)cc(Cl)c2C(c2ccccc2)C1C. The summed E-state index contributed by atoms with van der Waals surface area (Å²) in [6, 6.07) is 13.5. The molecule has 3 rings (SSSR count). The van der Waals surface area contributed by atoms with Gasteiger partial charge in [0.15, 0.2) is 6.23 Å². The van der Waals surface area contributed by atoms with Gasteiger partial charge in [0.2, 0.25) is 0 Å². The number of halogens is 2. The highest BCUT2D eigenvalue weighted by atomic mass is 35.5. The third-order valence-electron chi connectivity index (χ3n) is 4.35. The zero-order chi connectivity index (χ0) is 18.0. The Balaban J connectivity index is 2.04. The summed E-state index contributed by atoms with van der Waals surface area (Å²) in [6.07, 6.45) is -1.25. The fraction of sp³-hybridized carbons (Fsp3) is 0.316. The van der Waals surface area contributed by atoms with E-state index >= 15 is 0 Å². The molecule has 1 aliphatic heterocycles. The Kier molecular flexibility index (Phi) is 5.40. The van der Waals surface area contributed by atoms with Crippen molar-refractivity contribution in [3.05, 3.63) is 63.6 Å². The van der Waals surface area contributed by atoms with Crippen LogP contribution in [0.1, 0.15) is 30.9 Å². The molecule has 0 radical (unpaired) electrons. The maximum Gasteiger partial charge on any atom is 0.510 e. The van der Waals surface area contributed by atoms with Crippen LogP contribution in [0.25, 0.3) is 0 Å². The molecule has 0 spiro atoms. The van der Waals surface area contributed by atoms with Crippen LogP contribution in [0.2, 0.25) is 10.0 Å². The lowest BCUT2D eigenvalue weighted by Gasteiger charge is -2.38. The van der Waals surface area contributed by atoms with E-state index in [1.807, 2.05) is 37.3 Å². The number of hydrogen-bond donors (Lipinski definition) is 1. The average molecular weight is 380 g/mol. The molecule has 0 aromatic heterocycles. The van der Waals surface area contributed by atoms with Crippen molar-refractivity contribution in [1.29, 1.82) is 0 Å². The Bertz CT molecular complexity index is 767. The van der Waals surface area contributed by atoms with Crippen molar-refractivity contribution in [3.63, 3.8) is 0 Å². The lowest BCUT2D eigenvalue weighted by molar-refractivity contribution is 0.0137. The number of ether oxygens (including phenoxy) is 2. The molecule has 1 aliphatic rings. The molecule has 1 heterocycles. The Morgan fingerprint density at radius 3 is 2.60 bits per heavy atom. The molecular formula is C19H19Cl2NO3. The van der Waals surface area contributed by atoms with Crippen molar-refractivity contribution < 1.29 is 14.3 Å². The number of rotatable bonds is 3. The van der Waals surface area contributed by atoms with E-state index in [0.29, 0.717) is 10.0 Å². The molecule has 2 aromatic rings. The molecule has 0 saturated heterocycles. The van der Waals surface area contributed by atoms with Crippen LogP contribution in [0.3, 0.4) is 0 Å². The third-order valence-corrected chi connectivity index (χ3v) is 4.88. The molecule has 1 N–H and O–H groups in total. The lowest BCUT2D eigenvalue weighted by atomic mass is 9.77. The summed E-state index contributed by atoms with van der Waals surface area (Å²) in [7, 11) is 0. The van der Waals surface area contributed by atoms with E-state index in [2.05, 4.69) is 5.32 Å². The second kappa shape index (κ2) is 7.54. The molecule has 0 fully saturated rings. The van der Waals surface area contributed by atoms with Gasteiger partial charge in [-0.1, -0.05) is 60.5 Å². The summed E-state index contributed by atoms with van der Waals surface area (Å²) in [6.45, 7) is 4.01. The van der Waals surface area contributed by atoms with Crippen molar-refractivity contribution in [2.75, 3.05) is 11.9 Å². The normalized spacial score (nSPS) is 21.8. The van der Waals surface area contributed by atoms with Crippen LogP contribution in [0.15, 0.2) is 42.5 Å². The quantitative estimate of drug-likeness (QED) is 0.696. The summed E-state index contributed by atoms with van der Waals surface area (Å²) >= 11 is 12.7. The van der Waals surface area contributed by atoms with Gasteiger partial charge in [-0.25, -0.2) is 4.79 Å². The number of benzene rings is 2. The molecule has 6 heteroatoms. The highest BCUT2D eigenvalue weighted by Gasteiger charge is 2.38. The smallest absolute Gasteiger partial charge is 0.435 e. The standard InChI is InChI=1S/C19H19Cl2NO3/c1-3-24-19(23)25-18-11(2)16(12-7-5-4-6-8-12)17-14(21)9-13(20)10-15(17)22-18/h4-11,16,18,22H,3H2,1-2H3. The first-order valence-corrected chi connectivity index (χ1v) is 8.90. The van der Waals surface area contributed by atoms with Crippen molar-refractivity contribution in [1.82, 2.24) is 0 Å². The summed E-state index contributed by atoms with van der Waals surface area (Å²) in [5.41, 5.74) is 2.81. The molecule has 3 unspecified atom stereocenters. The van der Waals surface area contributed by atoms with Crippen LogP contribution in [0.5, 0.6) is 0 Å². The topological polar surface area (TPSA) is 47.6 Å². The first kappa shape index (κ1) is 17.9. The first-order valence-electron chi connectivity index (χ1n) is 8.15. The predicted molar refractivity (Wildman–Crippen MR) is 99.4 cm³/mol. The minimum absolute atomic E-state index is 0.0401. The maximum atomic E-state index is 11.8. The van der Waals surface area contributed by atoms with Crippen LogP contribution in [0, 0.1) is 5.92 Å². The number of carbonyl (C=O) groups excluding carboxylic acids is 1. The molecule has 2 aromatic carbocycles. The second-order valence-electron chi connectivity index (χ2n) is 5.96. The summed E-state index contributed by atoms with van der Waals surface area (Å²) in [5.74, 6) is -0.0976. The van der Waals surface area contributed by atoms with E-state index in [0.717, 1.165) is 16.8 Å². The molecule has 132 valence electrons. The van der Waals surface area contributed by atoms with Gasteiger partial charge < -0.3 is 14.8 Å². The largest absolute Gasteiger partial charge is 0.510 e. The first-order chi connectivity index (χ1) is 12.0. The van der Waals surface area contributed by atoms with Gasteiger partial charge >= 0.3 is 6.16 Å². The van der Waals surface area contributed by atoms with Gasteiger partial charge in [0, 0.05) is 33.1 Å². The Labute approximate surface area is 157 Å². The van der Waals surface area contributed by atoms with Crippen molar-refractivity contribution >= 4 is 35.0 Å². The van der Waals surface area contributed by atoms with E-state index in [1.165, 1.54) is 0 Å². The molecule has 0 amide bonds. The van der Waals surface area contributed by atoms with E-state index in [1.54, 1.807) is 19.1 Å². The van der Waals surface area contributed by atoms with Gasteiger partial charge in [-0.15, -0.1) is 0 Å². The molecular weight excluding hydrogens is 361 g/mol. The minimum Gasteiger partial charge on any atom is -0.435 e. The predicted octanol–water partition coefficient (Wildman–Crippen LogP) is 5.69. The summed E-state index contributed by atoms with van der Waals surface area (Å²) < 4.78 is 10.4. The van der Waals surface area contributed by atoms with Crippen molar-refractivity contribution in [3.8, 4) is 0 Å². The third kappa shape index (κ3) is 3.70. The molecule has 3 atom stereocenters. The molecule has 4 nitrogen and oxygen atoms in total. The average Bonchev–Trinajstić information content (AvgIpc) is 2.57. The molecule has 0 aliphatic carbocycles. The maximum absolute atomic E-state index is 11.8. The van der Waals surface area contributed by atoms with Gasteiger partial charge in [-0.2, -0.15) is 0 Å². The van der Waals surface area contributed by atoms with Crippen LogP contribution in [-0.4, -0.2) is 19.0 Å². The fourth-order valence-corrected chi connectivity index (χ4v) is 3.88. The highest BCUT2D eigenvalue weighted by molar-refractivity contribution is 6.35. The number of fused-ring (bicyclic) bond motifs is 1. The zero-order valence-electron chi connectivity index (χ0n) is 14.0. The van der Waals surface area contributed by atoms with Gasteiger partial charge in [0.05, 0.1) is 6.61 Å². The van der Waals surface area contributed by atoms with Crippen LogP contribution in [0.4, 0.5) is 10.5 Å². The second-order valence-corrected chi connectivity index (χ2v) is 6.81. The lowest BCUT2D eigenvalue weighted by Crippen LogP contribution is -2.40. The zero-order valence-corrected chi connectivity index (χ0v) is 15.5. The highest BCUT2D eigenvalue weighted by Crippen LogP contribution is 2.47. The van der Waals surface area contributed by atoms with E-state index in [9.17, 15) is 4.79 Å². The molecule has 0 saturated carbocycles. The van der Waals surface area contributed by atoms with Gasteiger partial charge in [-0.05, 0) is 24.6 Å². The van der Waals surface area contributed by atoms with Crippen molar-refractivity contribution in [2.24, 2.45) is 5.92 Å². The van der Waals surface area contributed by atoms with Gasteiger partial charge in [-0.3, -0.25) is 0 Å². The van der Waals surface area contributed by atoms with Crippen LogP contribution in [-0.2, 0) is 9.47 Å². The number of anilines is 1. The number of hydrogen-bond acceptors (Lipinski definition) is 4. The van der Waals surface area contributed by atoms with E-state index in [4.69, 9.17) is 32.7 Å². The molecule has 25 heavy (non-hydrogen) atoms. The Morgan fingerprint density at radius 2 is 1.92 bits per heavy atom. The van der Waals surface area contributed by atoms with E-state index in [-0.39, 0.29) is 18.4 Å². The fourth-order valence-electron chi connectivity index (χ4n) is 3.27. The van der Waals surface area contributed by atoms with Crippen molar-refractivity contribution in [2.45, 2.75) is 26.0 Å². The number of carbonyl (C=O) groups is 1. The summed E-state index contributed by atoms with van der Waals surface area (Å²) in [5, 5.41) is 4.33. The van der Waals surface area contributed by atoms with Crippen LogP contribution >= 0.6 is 23.2 Å². The van der Waals surface area contributed by atoms with Gasteiger partial charge in [0.25, 0.3) is 0 Å². The monoisotopic (exact) mass is 379 g/mol. The van der Waals surface area contributed by atoms with Crippen LogP contribution < -0.4 is 5.32 Å².